The third-order valence-electron chi connectivity index (χ3n) is 3.25. The number of amides is 1. The van der Waals surface area contributed by atoms with Gasteiger partial charge < -0.3 is 5.32 Å². The van der Waals surface area contributed by atoms with E-state index in [4.69, 9.17) is 11.6 Å². The summed E-state index contributed by atoms with van der Waals surface area (Å²) in [5, 5.41) is 24.9. The number of carbonyl (C=O) groups is 1. The zero-order valence-corrected chi connectivity index (χ0v) is 14.7. The van der Waals surface area contributed by atoms with Gasteiger partial charge in [0, 0.05) is 18.2 Å². The molecule has 0 saturated carbocycles. The molecule has 0 bridgehead atoms. The monoisotopic (exact) mass is 395 g/mol. The van der Waals surface area contributed by atoms with E-state index in [1.165, 1.54) is 12.1 Å². The number of nitrogens with zero attached hydrogens (tertiary/aromatic N) is 4. The first-order chi connectivity index (χ1) is 12.8. The highest BCUT2D eigenvalue weighted by atomic mass is 35.5. The molecule has 1 aromatic heterocycles. The van der Waals surface area contributed by atoms with Gasteiger partial charge >= 0.3 is 5.69 Å². The molecule has 13 heteroatoms. The van der Waals surface area contributed by atoms with Crippen molar-refractivity contribution in [3.63, 3.8) is 0 Å². The van der Waals surface area contributed by atoms with E-state index in [0.29, 0.717) is 6.54 Å². The highest BCUT2D eigenvalue weighted by Crippen LogP contribution is 2.28. The predicted octanol–water partition coefficient (Wildman–Crippen LogP) is 2.53. The van der Waals surface area contributed by atoms with Gasteiger partial charge in [-0.1, -0.05) is 18.5 Å². The molecule has 12 nitrogen and oxygen atoms in total. The fourth-order valence-electron chi connectivity index (χ4n) is 2.00. The summed E-state index contributed by atoms with van der Waals surface area (Å²) in [4.78, 5) is 40.5. The lowest BCUT2D eigenvalue weighted by Crippen LogP contribution is -2.30. The summed E-state index contributed by atoms with van der Waals surface area (Å²) < 4.78 is 0. The molecule has 0 atom stereocenters. The zero-order chi connectivity index (χ0) is 20.0. The maximum atomic E-state index is 12.2. The van der Waals surface area contributed by atoms with Crippen molar-refractivity contribution in [1.29, 1.82) is 0 Å². The van der Waals surface area contributed by atoms with Crippen LogP contribution >= 0.6 is 11.6 Å². The molecule has 1 aromatic carbocycles. The summed E-state index contributed by atoms with van der Waals surface area (Å²) in [6.45, 7) is 2.34. The van der Waals surface area contributed by atoms with Crippen molar-refractivity contribution in [3.8, 4) is 0 Å². The Morgan fingerprint density at radius 3 is 2.52 bits per heavy atom. The van der Waals surface area contributed by atoms with Crippen LogP contribution in [0.15, 0.2) is 24.5 Å². The van der Waals surface area contributed by atoms with Gasteiger partial charge in [-0.15, -0.1) is 0 Å². The van der Waals surface area contributed by atoms with Crippen molar-refractivity contribution >= 4 is 40.5 Å². The molecule has 0 saturated heterocycles. The molecule has 0 fully saturated rings. The number of anilines is 2. The molecule has 0 spiro atoms. The van der Waals surface area contributed by atoms with Crippen LogP contribution in [0.25, 0.3) is 0 Å². The van der Waals surface area contributed by atoms with Gasteiger partial charge in [0.1, 0.15) is 11.3 Å². The summed E-state index contributed by atoms with van der Waals surface area (Å²) in [6.07, 6.45) is 1.81. The minimum absolute atomic E-state index is 0.00395. The van der Waals surface area contributed by atoms with Crippen LogP contribution in [-0.2, 0) is 0 Å². The Bertz CT molecular complexity index is 892. The summed E-state index contributed by atoms with van der Waals surface area (Å²) in [6, 6.07) is 3.46. The third kappa shape index (κ3) is 4.76. The van der Waals surface area contributed by atoms with Crippen LogP contribution in [0, 0.1) is 20.2 Å². The fraction of sp³-hybridized carbons (Fsp3) is 0.214. The van der Waals surface area contributed by atoms with Gasteiger partial charge in [0.15, 0.2) is 0 Å². The van der Waals surface area contributed by atoms with Gasteiger partial charge in [-0.2, -0.15) is 0 Å². The van der Waals surface area contributed by atoms with E-state index in [2.05, 4.69) is 26.1 Å². The normalized spacial score (nSPS) is 10.1. The molecule has 142 valence electrons. The number of nitro groups is 2. The molecule has 2 aromatic rings. The molecule has 0 radical (unpaired) electrons. The summed E-state index contributed by atoms with van der Waals surface area (Å²) >= 11 is 5.70. The largest absolute Gasteiger partial charge is 0.364 e. The van der Waals surface area contributed by atoms with E-state index < -0.39 is 27.1 Å². The summed E-state index contributed by atoms with van der Waals surface area (Å²) in [7, 11) is 0. The zero-order valence-electron chi connectivity index (χ0n) is 13.9. The van der Waals surface area contributed by atoms with Crippen LogP contribution in [0.1, 0.15) is 23.7 Å². The smallest absolute Gasteiger partial charge is 0.354 e. The molecular formula is C14H14ClN7O5. The number of hydrazine groups is 1. The molecule has 0 aliphatic heterocycles. The first-order valence-corrected chi connectivity index (χ1v) is 7.96. The average Bonchev–Trinajstić information content (AvgIpc) is 2.64. The number of benzene rings is 1. The van der Waals surface area contributed by atoms with Crippen LogP contribution < -0.4 is 16.2 Å². The highest BCUT2D eigenvalue weighted by molar-refractivity contribution is 6.32. The Kier molecular flexibility index (Phi) is 6.38. The van der Waals surface area contributed by atoms with Gasteiger partial charge in [0.25, 0.3) is 11.6 Å². The fourth-order valence-corrected chi connectivity index (χ4v) is 2.18. The molecule has 27 heavy (non-hydrogen) atoms. The number of hydrogen-bond donors (Lipinski definition) is 3. The van der Waals surface area contributed by atoms with Gasteiger partial charge in [0.05, 0.1) is 9.85 Å². The molecular weight excluding hydrogens is 382 g/mol. The van der Waals surface area contributed by atoms with Gasteiger partial charge in [-0.05, 0) is 18.6 Å². The second kappa shape index (κ2) is 8.71. The molecule has 0 aliphatic rings. The number of hydrogen-bond acceptors (Lipinski definition) is 9. The second-order valence-electron chi connectivity index (χ2n) is 5.11. The van der Waals surface area contributed by atoms with E-state index in [0.717, 1.165) is 18.8 Å². The van der Waals surface area contributed by atoms with Crippen molar-refractivity contribution < 1.29 is 14.6 Å². The third-order valence-corrected chi connectivity index (χ3v) is 3.57. The van der Waals surface area contributed by atoms with E-state index >= 15 is 0 Å². The first kappa shape index (κ1) is 19.8. The average molecular weight is 396 g/mol. The quantitative estimate of drug-likeness (QED) is 0.449. The van der Waals surface area contributed by atoms with Crippen molar-refractivity contribution in [2.75, 3.05) is 17.3 Å². The number of rotatable bonds is 8. The maximum absolute atomic E-state index is 12.2. The van der Waals surface area contributed by atoms with Crippen LogP contribution in [0.3, 0.4) is 0 Å². The van der Waals surface area contributed by atoms with Crippen molar-refractivity contribution in [3.05, 3.63) is 55.3 Å². The van der Waals surface area contributed by atoms with Crippen molar-refractivity contribution in [2.24, 2.45) is 0 Å². The number of nitro benzene ring substituents is 1. The van der Waals surface area contributed by atoms with Crippen LogP contribution in [-0.4, -0.2) is 32.3 Å². The number of halogens is 1. The maximum Gasteiger partial charge on any atom is 0.354 e. The summed E-state index contributed by atoms with van der Waals surface area (Å²) in [5.74, 6) is -1.02. The first-order valence-electron chi connectivity index (χ1n) is 7.58. The number of aromatic nitrogens is 2. The van der Waals surface area contributed by atoms with E-state index in [-0.39, 0.29) is 22.2 Å². The Balaban J connectivity index is 2.21. The van der Waals surface area contributed by atoms with E-state index in [1.807, 2.05) is 6.92 Å². The Labute approximate surface area is 157 Å². The van der Waals surface area contributed by atoms with Crippen LogP contribution in [0.5, 0.6) is 0 Å². The standard InChI is InChI=1S/C14H14ClN7O5/c1-2-5-16-12-11(22(26)27)13(18-7-17-12)19-20-14(23)8-3-4-9(15)10(6-8)21(24)25/h3-4,6-7H,2,5H2,1H3,(H,20,23)(H2,16,17,18,19). The molecule has 0 aliphatic carbocycles. The van der Waals surface area contributed by atoms with E-state index in [9.17, 15) is 25.0 Å². The Hall–Kier alpha value is -3.54. The SMILES string of the molecule is CCCNc1ncnc(NNC(=O)c2ccc(Cl)c([N+](=O)[O-])c2)c1[N+](=O)[O-]. The van der Waals surface area contributed by atoms with Crippen LogP contribution in [0.4, 0.5) is 23.0 Å². The number of carbonyl (C=O) groups excluding carboxylic acids is 1. The minimum Gasteiger partial charge on any atom is -0.364 e. The lowest BCUT2D eigenvalue weighted by Gasteiger charge is -2.10. The van der Waals surface area contributed by atoms with Crippen molar-refractivity contribution in [1.82, 2.24) is 15.4 Å². The molecule has 2 rings (SSSR count). The second-order valence-corrected chi connectivity index (χ2v) is 5.51. The van der Waals surface area contributed by atoms with Gasteiger partial charge in [-0.25, -0.2) is 9.97 Å². The topological polar surface area (TPSA) is 165 Å². The highest BCUT2D eigenvalue weighted by Gasteiger charge is 2.23. The molecule has 1 amide bonds. The molecule has 3 N–H and O–H groups in total. The van der Waals surface area contributed by atoms with E-state index in [1.54, 1.807) is 0 Å². The molecule has 1 heterocycles. The lowest BCUT2D eigenvalue weighted by atomic mass is 10.2. The Morgan fingerprint density at radius 2 is 1.89 bits per heavy atom. The lowest BCUT2D eigenvalue weighted by molar-refractivity contribution is -0.384. The van der Waals surface area contributed by atoms with Crippen LogP contribution in [0.2, 0.25) is 5.02 Å². The van der Waals surface area contributed by atoms with Gasteiger partial charge in [-0.3, -0.25) is 35.9 Å². The van der Waals surface area contributed by atoms with Gasteiger partial charge in [0.2, 0.25) is 11.6 Å². The van der Waals surface area contributed by atoms with Crippen molar-refractivity contribution in [2.45, 2.75) is 13.3 Å². The molecule has 0 unspecified atom stereocenters. The summed E-state index contributed by atoms with van der Waals surface area (Å²) in [5.41, 5.74) is 3.58. The Morgan fingerprint density at radius 1 is 1.19 bits per heavy atom. The number of nitrogens with one attached hydrogen (secondary N) is 3. The predicted molar refractivity (Wildman–Crippen MR) is 96.7 cm³/mol. The minimum atomic E-state index is -0.772.